The van der Waals surface area contributed by atoms with Gasteiger partial charge >= 0.3 is 0 Å². The molecule has 1 atom stereocenters. The van der Waals surface area contributed by atoms with Gasteiger partial charge in [0.1, 0.15) is 18.7 Å². The van der Waals surface area contributed by atoms with Crippen molar-refractivity contribution in [3.05, 3.63) is 12.7 Å². The zero-order chi connectivity index (χ0) is 8.97. The minimum absolute atomic E-state index is 0.142. The average Bonchev–Trinajstić information content (AvgIpc) is 2.58. The Morgan fingerprint density at radius 2 is 2.58 bits per heavy atom. The first-order chi connectivity index (χ1) is 5.79. The van der Waals surface area contributed by atoms with Crippen molar-refractivity contribution in [2.24, 2.45) is 10.9 Å². The van der Waals surface area contributed by atoms with E-state index in [1.165, 1.54) is 12.7 Å². The van der Waals surface area contributed by atoms with E-state index in [4.69, 9.17) is 10.9 Å². The first kappa shape index (κ1) is 8.51. The molecule has 0 radical (unpaired) electrons. The number of nitrogens with zero attached hydrogens (tertiary/aromatic N) is 4. The lowest BCUT2D eigenvalue weighted by Crippen LogP contribution is -2.26. The molecule has 0 fully saturated rings. The number of amidine groups is 1. The second kappa shape index (κ2) is 3.70. The predicted octanol–water partition coefficient (Wildman–Crippen LogP) is -0.0244. The van der Waals surface area contributed by atoms with Gasteiger partial charge in [0.2, 0.25) is 0 Å². The van der Waals surface area contributed by atoms with Gasteiger partial charge in [0.25, 0.3) is 0 Å². The van der Waals surface area contributed by atoms with E-state index in [2.05, 4.69) is 15.2 Å². The van der Waals surface area contributed by atoms with Crippen LogP contribution in [0.2, 0.25) is 0 Å². The molecule has 0 aliphatic carbocycles. The van der Waals surface area contributed by atoms with Gasteiger partial charge in [-0.1, -0.05) is 12.1 Å². The van der Waals surface area contributed by atoms with E-state index in [0.717, 1.165) is 0 Å². The van der Waals surface area contributed by atoms with Crippen LogP contribution in [-0.2, 0) is 0 Å². The number of aromatic nitrogens is 3. The summed E-state index contributed by atoms with van der Waals surface area (Å²) in [4.78, 5) is 3.77. The van der Waals surface area contributed by atoms with Gasteiger partial charge in [-0.25, -0.2) is 9.67 Å². The normalized spacial score (nSPS) is 14.6. The number of rotatable bonds is 3. The van der Waals surface area contributed by atoms with Gasteiger partial charge in [0.15, 0.2) is 5.84 Å². The highest BCUT2D eigenvalue weighted by molar-refractivity contribution is 5.83. The lowest BCUT2D eigenvalue weighted by molar-refractivity contribution is 0.312. The van der Waals surface area contributed by atoms with Crippen LogP contribution in [0.3, 0.4) is 0 Å². The summed E-state index contributed by atoms with van der Waals surface area (Å²) in [5, 5.41) is 15.2. The second-order valence-electron chi connectivity index (χ2n) is 2.32. The number of oxime groups is 1. The van der Waals surface area contributed by atoms with E-state index >= 15 is 0 Å². The SMILES string of the molecule is CCC(/C(N)=N/O)n1cncn1. The molecule has 0 aromatic carbocycles. The fourth-order valence-electron chi connectivity index (χ4n) is 0.977. The Kier molecular flexibility index (Phi) is 2.62. The third kappa shape index (κ3) is 1.52. The molecule has 1 unspecified atom stereocenters. The molecule has 1 aromatic rings. The molecule has 6 heteroatoms. The molecule has 0 aliphatic rings. The summed E-state index contributed by atoms with van der Waals surface area (Å²) in [6, 6.07) is -0.211. The molecule has 12 heavy (non-hydrogen) atoms. The quantitative estimate of drug-likeness (QED) is 0.288. The Morgan fingerprint density at radius 1 is 1.83 bits per heavy atom. The zero-order valence-corrected chi connectivity index (χ0v) is 6.75. The van der Waals surface area contributed by atoms with Gasteiger partial charge in [-0.05, 0) is 6.42 Å². The van der Waals surface area contributed by atoms with Crippen LogP contribution in [0.4, 0.5) is 0 Å². The molecule has 0 saturated carbocycles. The van der Waals surface area contributed by atoms with Gasteiger partial charge in [-0.15, -0.1) is 0 Å². The topological polar surface area (TPSA) is 89.3 Å². The summed E-state index contributed by atoms with van der Waals surface area (Å²) in [7, 11) is 0. The standard InChI is InChI=1S/C6H11N5O/c1-2-5(6(7)10-12)11-4-8-3-9-11/h3-5,12H,2H2,1H3,(H2,7,10). The largest absolute Gasteiger partial charge is 0.409 e. The fourth-order valence-corrected chi connectivity index (χ4v) is 0.977. The van der Waals surface area contributed by atoms with Gasteiger partial charge < -0.3 is 10.9 Å². The van der Waals surface area contributed by atoms with E-state index in [-0.39, 0.29) is 11.9 Å². The van der Waals surface area contributed by atoms with E-state index in [9.17, 15) is 0 Å². The zero-order valence-electron chi connectivity index (χ0n) is 6.75. The monoisotopic (exact) mass is 169 g/mol. The van der Waals surface area contributed by atoms with Crippen LogP contribution in [0.15, 0.2) is 17.8 Å². The molecule has 3 N–H and O–H groups in total. The first-order valence-corrected chi connectivity index (χ1v) is 3.61. The number of hydrogen-bond acceptors (Lipinski definition) is 4. The van der Waals surface area contributed by atoms with Crippen LogP contribution in [-0.4, -0.2) is 25.8 Å². The van der Waals surface area contributed by atoms with Crippen LogP contribution in [0.1, 0.15) is 19.4 Å². The molecule has 0 aliphatic heterocycles. The van der Waals surface area contributed by atoms with Crippen LogP contribution >= 0.6 is 0 Å². The van der Waals surface area contributed by atoms with Crippen molar-refractivity contribution in [1.29, 1.82) is 0 Å². The summed E-state index contributed by atoms with van der Waals surface area (Å²) in [6.07, 6.45) is 3.65. The number of nitrogens with two attached hydrogens (primary N) is 1. The van der Waals surface area contributed by atoms with Crippen LogP contribution in [0.25, 0.3) is 0 Å². The summed E-state index contributed by atoms with van der Waals surface area (Å²) in [5.41, 5.74) is 5.43. The molecular weight excluding hydrogens is 158 g/mol. The van der Waals surface area contributed by atoms with Gasteiger partial charge in [0.05, 0.1) is 0 Å². The van der Waals surface area contributed by atoms with Crippen molar-refractivity contribution in [2.75, 3.05) is 0 Å². The molecule has 6 nitrogen and oxygen atoms in total. The highest BCUT2D eigenvalue weighted by Gasteiger charge is 2.13. The van der Waals surface area contributed by atoms with Crippen LogP contribution < -0.4 is 5.73 Å². The molecular formula is C6H11N5O. The summed E-state index contributed by atoms with van der Waals surface area (Å²) >= 11 is 0. The Morgan fingerprint density at radius 3 is 3.00 bits per heavy atom. The Hall–Kier alpha value is -1.59. The van der Waals surface area contributed by atoms with Crippen molar-refractivity contribution < 1.29 is 5.21 Å². The maximum atomic E-state index is 8.44. The van der Waals surface area contributed by atoms with Crippen molar-refractivity contribution in [3.63, 3.8) is 0 Å². The maximum absolute atomic E-state index is 8.44. The summed E-state index contributed by atoms with van der Waals surface area (Å²) in [6.45, 7) is 1.92. The van der Waals surface area contributed by atoms with Gasteiger partial charge in [-0.2, -0.15) is 5.10 Å². The Bertz CT molecular complexity index is 255. The molecule has 1 aromatic heterocycles. The van der Waals surface area contributed by atoms with Crippen molar-refractivity contribution >= 4 is 5.84 Å². The molecule has 1 rings (SSSR count). The predicted molar refractivity (Wildman–Crippen MR) is 42.8 cm³/mol. The molecule has 66 valence electrons. The summed E-state index contributed by atoms with van der Waals surface area (Å²) < 4.78 is 1.55. The minimum Gasteiger partial charge on any atom is -0.409 e. The van der Waals surface area contributed by atoms with Gasteiger partial charge in [0, 0.05) is 0 Å². The van der Waals surface area contributed by atoms with Crippen molar-refractivity contribution in [2.45, 2.75) is 19.4 Å². The minimum atomic E-state index is -0.211. The molecule has 0 amide bonds. The van der Waals surface area contributed by atoms with E-state index in [1.807, 2.05) is 6.92 Å². The molecule has 1 heterocycles. The van der Waals surface area contributed by atoms with Crippen molar-refractivity contribution in [3.8, 4) is 0 Å². The van der Waals surface area contributed by atoms with Crippen LogP contribution in [0, 0.1) is 0 Å². The number of hydrogen-bond donors (Lipinski definition) is 2. The first-order valence-electron chi connectivity index (χ1n) is 3.61. The van der Waals surface area contributed by atoms with Crippen molar-refractivity contribution in [1.82, 2.24) is 14.8 Å². The molecule has 0 saturated heterocycles. The molecule has 0 bridgehead atoms. The van der Waals surface area contributed by atoms with Crippen LogP contribution in [0.5, 0.6) is 0 Å². The average molecular weight is 169 g/mol. The Balaban J connectivity index is 2.84. The lowest BCUT2D eigenvalue weighted by atomic mass is 10.2. The molecule has 0 spiro atoms. The van der Waals surface area contributed by atoms with E-state index < -0.39 is 0 Å². The maximum Gasteiger partial charge on any atom is 0.164 e. The third-order valence-electron chi connectivity index (χ3n) is 1.60. The third-order valence-corrected chi connectivity index (χ3v) is 1.60. The Labute approximate surface area is 69.7 Å². The lowest BCUT2D eigenvalue weighted by Gasteiger charge is -2.11. The fraction of sp³-hybridized carbons (Fsp3) is 0.500. The summed E-state index contributed by atoms with van der Waals surface area (Å²) in [5.74, 6) is 0.142. The van der Waals surface area contributed by atoms with E-state index in [0.29, 0.717) is 6.42 Å². The second-order valence-corrected chi connectivity index (χ2v) is 2.32. The van der Waals surface area contributed by atoms with Gasteiger partial charge in [-0.3, -0.25) is 0 Å². The van der Waals surface area contributed by atoms with E-state index in [1.54, 1.807) is 4.68 Å². The highest BCUT2D eigenvalue weighted by atomic mass is 16.4. The smallest absolute Gasteiger partial charge is 0.164 e. The highest BCUT2D eigenvalue weighted by Crippen LogP contribution is 2.07.